The predicted molar refractivity (Wildman–Crippen MR) is 138 cm³/mol. The molecule has 0 aliphatic heterocycles. The van der Waals surface area contributed by atoms with Gasteiger partial charge in [0, 0.05) is 6.54 Å². The van der Waals surface area contributed by atoms with E-state index < -0.39 is 11.9 Å². The van der Waals surface area contributed by atoms with Crippen LogP contribution in [0.3, 0.4) is 0 Å². The van der Waals surface area contributed by atoms with Crippen LogP contribution in [0.2, 0.25) is 0 Å². The van der Waals surface area contributed by atoms with Crippen LogP contribution in [-0.2, 0) is 6.54 Å². The number of fused-ring (bicyclic) bond motifs is 1. The van der Waals surface area contributed by atoms with Crippen molar-refractivity contribution in [3.63, 3.8) is 0 Å². The molecule has 0 bridgehead atoms. The van der Waals surface area contributed by atoms with Crippen molar-refractivity contribution in [1.29, 1.82) is 5.26 Å². The average molecular weight is 515 g/mol. The maximum Gasteiger partial charge on any atom is 0.274 e. The zero-order valence-corrected chi connectivity index (χ0v) is 21.1. The number of nitrogens with zero attached hydrogens (tertiary/aromatic N) is 4. The maximum atomic E-state index is 12.7. The minimum Gasteiger partial charge on any atom is -0.493 e. The minimum absolute atomic E-state index is 0.0546. The van der Waals surface area contributed by atoms with Crippen LogP contribution in [0, 0.1) is 11.3 Å². The molecule has 0 saturated heterocycles. The summed E-state index contributed by atoms with van der Waals surface area (Å²) in [4.78, 5) is 25.5. The van der Waals surface area contributed by atoms with Gasteiger partial charge in [0.25, 0.3) is 11.8 Å². The Hall–Kier alpha value is -5.11. The first-order chi connectivity index (χ1) is 18.5. The number of benzene rings is 3. The number of methoxy groups -OCH3 is 3. The zero-order chi connectivity index (χ0) is 27.1. The zero-order valence-electron chi connectivity index (χ0n) is 21.1. The molecule has 38 heavy (non-hydrogen) atoms. The third-order valence-electron chi connectivity index (χ3n) is 5.86. The number of hydrogen-bond acceptors (Lipinski definition) is 8. The Kier molecular flexibility index (Phi) is 8.03. The Morgan fingerprint density at radius 1 is 0.974 bits per heavy atom. The highest BCUT2D eigenvalue weighted by molar-refractivity contribution is 5.98. The second-order valence-corrected chi connectivity index (χ2v) is 8.15. The van der Waals surface area contributed by atoms with Gasteiger partial charge in [-0.25, -0.2) is 4.68 Å². The number of ether oxygens (including phenoxy) is 3. The molecule has 194 valence electrons. The normalized spacial score (nSPS) is 11.3. The topological polar surface area (TPSA) is 140 Å². The molecule has 0 saturated carbocycles. The lowest BCUT2D eigenvalue weighted by molar-refractivity contribution is 0.0934. The molecular weight excluding hydrogens is 488 g/mol. The molecule has 0 fully saturated rings. The smallest absolute Gasteiger partial charge is 0.274 e. The lowest BCUT2D eigenvalue weighted by Gasteiger charge is -2.15. The van der Waals surface area contributed by atoms with Crippen LogP contribution < -0.4 is 24.8 Å². The number of hydrogen-bond donors (Lipinski definition) is 2. The average Bonchev–Trinajstić information content (AvgIpc) is 3.43. The van der Waals surface area contributed by atoms with E-state index in [1.165, 1.54) is 32.2 Å². The van der Waals surface area contributed by atoms with Gasteiger partial charge >= 0.3 is 0 Å². The summed E-state index contributed by atoms with van der Waals surface area (Å²) in [6.07, 6.45) is 1.45. The third kappa shape index (κ3) is 5.49. The van der Waals surface area contributed by atoms with Gasteiger partial charge in [-0.2, -0.15) is 5.26 Å². The number of aromatic nitrogens is 3. The van der Waals surface area contributed by atoms with Crippen LogP contribution in [0.25, 0.3) is 10.8 Å². The summed E-state index contributed by atoms with van der Waals surface area (Å²) in [5.41, 5.74) is 0.999. The molecule has 11 nitrogen and oxygen atoms in total. The van der Waals surface area contributed by atoms with Crippen LogP contribution in [-0.4, -0.2) is 54.7 Å². The van der Waals surface area contributed by atoms with Crippen LogP contribution in [0.15, 0.2) is 60.8 Å². The quantitative estimate of drug-likeness (QED) is 0.329. The van der Waals surface area contributed by atoms with Crippen molar-refractivity contribution < 1.29 is 23.8 Å². The van der Waals surface area contributed by atoms with E-state index in [2.05, 4.69) is 27.0 Å². The fourth-order valence-electron chi connectivity index (χ4n) is 3.95. The van der Waals surface area contributed by atoms with Gasteiger partial charge in [-0.1, -0.05) is 41.6 Å². The Labute approximate surface area is 218 Å². The second-order valence-electron chi connectivity index (χ2n) is 8.15. The molecule has 2 N–H and O–H groups in total. The van der Waals surface area contributed by atoms with Gasteiger partial charge in [-0.3, -0.25) is 9.59 Å². The molecule has 1 atom stereocenters. The van der Waals surface area contributed by atoms with Crippen molar-refractivity contribution in [2.45, 2.75) is 12.6 Å². The molecule has 0 aliphatic carbocycles. The second kappa shape index (κ2) is 11.7. The van der Waals surface area contributed by atoms with Gasteiger partial charge in [0.05, 0.1) is 45.7 Å². The molecule has 4 aromatic rings. The number of carbonyl (C=O) groups is 2. The van der Waals surface area contributed by atoms with Crippen LogP contribution in [0.4, 0.5) is 0 Å². The molecule has 4 rings (SSSR count). The van der Waals surface area contributed by atoms with Crippen molar-refractivity contribution in [1.82, 2.24) is 25.6 Å². The Bertz CT molecular complexity index is 1510. The minimum atomic E-state index is -0.854. The van der Waals surface area contributed by atoms with Crippen LogP contribution >= 0.6 is 0 Å². The van der Waals surface area contributed by atoms with E-state index in [1.54, 1.807) is 12.1 Å². The summed E-state index contributed by atoms with van der Waals surface area (Å²) in [5.74, 6) is 0.0910. The van der Waals surface area contributed by atoms with E-state index in [1.807, 2.05) is 42.5 Å². The largest absolute Gasteiger partial charge is 0.493 e. The molecule has 0 spiro atoms. The standard InChI is InChI=1S/C27H26N6O5/c1-36-23-11-10-20(24(37-2)25(23)38-3)26(34)29-12-13-33-16-22(31-32-33)27(35)30-21(15-28)19-9-8-17-6-4-5-7-18(17)14-19/h4-11,14,16,21H,12-13H2,1-3H3,(H,29,34)(H,30,35). The molecular formula is C27H26N6O5. The first-order valence-electron chi connectivity index (χ1n) is 11.7. The lowest BCUT2D eigenvalue weighted by Crippen LogP contribution is -2.28. The van der Waals surface area contributed by atoms with Crippen molar-refractivity contribution in [2.24, 2.45) is 0 Å². The molecule has 0 radical (unpaired) electrons. The number of carbonyl (C=O) groups excluding carboxylic acids is 2. The van der Waals surface area contributed by atoms with Crippen molar-refractivity contribution in [2.75, 3.05) is 27.9 Å². The maximum absolute atomic E-state index is 12.7. The lowest BCUT2D eigenvalue weighted by atomic mass is 10.0. The summed E-state index contributed by atoms with van der Waals surface area (Å²) in [5, 5.41) is 25.0. The number of rotatable bonds is 10. The number of nitriles is 1. The SMILES string of the molecule is COc1ccc(C(=O)NCCn2cc(C(=O)NC(C#N)c3ccc4ccccc4c3)nn2)c(OC)c1OC. The fourth-order valence-corrected chi connectivity index (χ4v) is 3.95. The highest BCUT2D eigenvalue weighted by atomic mass is 16.5. The molecule has 1 heterocycles. The fraction of sp³-hybridized carbons (Fsp3) is 0.222. The van der Waals surface area contributed by atoms with Gasteiger partial charge in [0.2, 0.25) is 5.75 Å². The van der Waals surface area contributed by atoms with Gasteiger partial charge < -0.3 is 24.8 Å². The summed E-state index contributed by atoms with van der Waals surface area (Å²) in [6.45, 7) is 0.465. The van der Waals surface area contributed by atoms with Gasteiger partial charge in [0.15, 0.2) is 17.2 Å². The first-order valence-corrected chi connectivity index (χ1v) is 11.7. The Morgan fingerprint density at radius 3 is 2.45 bits per heavy atom. The number of amides is 2. The van der Waals surface area contributed by atoms with E-state index in [0.29, 0.717) is 17.1 Å². The molecule has 2 amide bonds. The molecule has 1 unspecified atom stereocenters. The third-order valence-corrected chi connectivity index (χ3v) is 5.86. The summed E-state index contributed by atoms with van der Waals surface area (Å²) < 4.78 is 17.3. The van der Waals surface area contributed by atoms with Crippen molar-refractivity contribution in [3.05, 3.63) is 77.6 Å². The van der Waals surface area contributed by atoms with E-state index in [-0.39, 0.29) is 36.0 Å². The van der Waals surface area contributed by atoms with E-state index in [4.69, 9.17) is 14.2 Å². The van der Waals surface area contributed by atoms with E-state index in [0.717, 1.165) is 10.8 Å². The van der Waals surface area contributed by atoms with Crippen molar-refractivity contribution in [3.8, 4) is 23.3 Å². The summed E-state index contributed by atoms with van der Waals surface area (Å²) in [7, 11) is 4.39. The highest BCUT2D eigenvalue weighted by Gasteiger charge is 2.21. The van der Waals surface area contributed by atoms with Crippen molar-refractivity contribution >= 4 is 22.6 Å². The van der Waals surface area contributed by atoms with Crippen LogP contribution in [0.5, 0.6) is 17.2 Å². The van der Waals surface area contributed by atoms with Gasteiger partial charge in [-0.05, 0) is 34.5 Å². The molecule has 0 aliphatic rings. The summed E-state index contributed by atoms with van der Waals surface area (Å²) in [6, 6.07) is 17.8. The summed E-state index contributed by atoms with van der Waals surface area (Å²) >= 11 is 0. The Balaban J connectivity index is 1.36. The van der Waals surface area contributed by atoms with Gasteiger partial charge in [0.1, 0.15) is 6.04 Å². The molecule has 3 aromatic carbocycles. The van der Waals surface area contributed by atoms with Gasteiger partial charge in [-0.15, -0.1) is 5.10 Å². The van der Waals surface area contributed by atoms with Crippen LogP contribution in [0.1, 0.15) is 32.5 Å². The Morgan fingerprint density at radius 2 is 1.74 bits per heavy atom. The van der Waals surface area contributed by atoms with E-state index in [9.17, 15) is 14.9 Å². The molecule has 11 heteroatoms. The van der Waals surface area contributed by atoms with E-state index >= 15 is 0 Å². The predicted octanol–water partition coefficient (Wildman–Crippen LogP) is 2.88. The number of nitrogens with one attached hydrogen (secondary N) is 2. The monoisotopic (exact) mass is 514 g/mol. The molecule has 1 aromatic heterocycles. The first kappa shape index (κ1) is 26.0. The highest BCUT2D eigenvalue weighted by Crippen LogP contribution is 2.39.